The van der Waals surface area contributed by atoms with Crippen LogP contribution in [0.1, 0.15) is 55.8 Å². The number of amides is 1. The van der Waals surface area contributed by atoms with Crippen molar-refractivity contribution in [1.29, 1.82) is 0 Å². The number of nitrogens with zero attached hydrogens (tertiary/aromatic N) is 3. The molecular weight excluding hydrogens is 326 g/mol. The smallest absolute Gasteiger partial charge is 0.255 e. The first kappa shape index (κ1) is 17.9. The zero-order valence-corrected chi connectivity index (χ0v) is 15.9. The van der Waals surface area contributed by atoms with Crippen molar-refractivity contribution >= 4 is 5.91 Å². The van der Waals surface area contributed by atoms with Gasteiger partial charge in [0.2, 0.25) is 0 Å². The monoisotopic (exact) mass is 357 g/mol. The number of rotatable bonds is 6. The van der Waals surface area contributed by atoms with Gasteiger partial charge in [0.25, 0.3) is 5.91 Å². The molecule has 1 aromatic heterocycles. The zero-order valence-electron chi connectivity index (χ0n) is 15.9. The van der Waals surface area contributed by atoms with Gasteiger partial charge in [-0.2, -0.15) is 0 Å². The first-order valence-electron chi connectivity index (χ1n) is 10.3. The molecule has 3 fully saturated rings. The summed E-state index contributed by atoms with van der Waals surface area (Å²) in [6, 6.07) is 4.27. The Hall–Kier alpha value is -1.46. The van der Waals surface area contributed by atoms with Gasteiger partial charge in [0.15, 0.2) is 0 Å². The quantitative estimate of drug-likeness (QED) is 0.785. The van der Waals surface area contributed by atoms with Gasteiger partial charge in [0, 0.05) is 50.2 Å². The second-order valence-corrected chi connectivity index (χ2v) is 8.21. The van der Waals surface area contributed by atoms with Gasteiger partial charge in [0.05, 0.1) is 12.2 Å². The first-order chi connectivity index (χ1) is 12.7. The predicted molar refractivity (Wildman–Crippen MR) is 101 cm³/mol. The van der Waals surface area contributed by atoms with Gasteiger partial charge in [-0.1, -0.05) is 0 Å². The molecular formula is C21H31N3O2. The molecule has 1 aliphatic carbocycles. The van der Waals surface area contributed by atoms with Crippen LogP contribution in [-0.2, 0) is 4.74 Å². The van der Waals surface area contributed by atoms with Crippen LogP contribution in [0.5, 0.6) is 0 Å². The summed E-state index contributed by atoms with van der Waals surface area (Å²) in [6.45, 7) is 6.69. The van der Waals surface area contributed by atoms with Crippen molar-refractivity contribution in [2.45, 2.75) is 57.0 Å². The van der Waals surface area contributed by atoms with Crippen molar-refractivity contribution in [2.75, 3.05) is 32.8 Å². The molecule has 1 saturated carbocycles. The Morgan fingerprint density at radius 2 is 2.08 bits per heavy atom. The van der Waals surface area contributed by atoms with Gasteiger partial charge in [-0.25, -0.2) is 0 Å². The largest absolute Gasteiger partial charge is 0.380 e. The third-order valence-corrected chi connectivity index (χ3v) is 6.55. The lowest BCUT2D eigenvalue weighted by atomic mass is 9.84. The molecule has 3 heterocycles. The van der Waals surface area contributed by atoms with Gasteiger partial charge >= 0.3 is 0 Å². The first-order valence-corrected chi connectivity index (χ1v) is 10.3. The van der Waals surface area contributed by atoms with E-state index in [0.717, 1.165) is 45.1 Å². The van der Waals surface area contributed by atoms with Crippen molar-refractivity contribution < 1.29 is 9.53 Å². The van der Waals surface area contributed by atoms with Crippen LogP contribution in [0.15, 0.2) is 24.5 Å². The molecule has 142 valence electrons. The SMILES string of the molecule is CCOC[C@H]1CCC2(CCN(C(=O)c3cccnc3)CC2)N1CC1CC1. The van der Waals surface area contributed by atoms with Crippen molar-refractivity contribution in [3.8, 4) is 0 Å². The number of likely N-dealkylation sites (tertiary alicyclic amines) is 2. The molecule has 0 N–H and O–H groups in total. The zero-order chi connectivity index (χ0) is 18.0. The summed E-state index contributed by atoms with van der Waals surface area (Å²) >= 11 is 0. The predicted octanol–water partition coefficient (Wildman–Crippen LogP) is 2.97. The van der Waals surface area contributed by atoms with E-state index in [0.29, 0.717) is 11.6 Å². The van der Waals surface area contributed by atoms with Crippen LogP contribution in [0.25, 0.3) is 0 Å². The number of carbonyl (C=O) groups is 1. The Morgan fingerprint density at radius 3 is 2.73 bits per heavy atom. The normalized spacial score (nSPS) is 25.7. The second-order valence-electron chi connectivity index (χ2n) is 8.21. The molecule has 4 rings (SSSR count). The van der Waals surface area contributed by atoms with Gasteiger partial charge in [-0.3, -0.25) is 14.7 Å². The second kappa shape index (κ2) is 7.65. The fourth-order valence-corrected chi connectivity index (χ4v) is 4.81. The van der Waals surface area contributed by atoms with Crippen LogP contribution in [0.3, 0.4) is 0 Å². The standard InChI is InChI=1S/C21H31N3O2/c1-2-26-16-19-7-8-21(24(19)15-17-5-6-17)9-12-23(13-10-21)20(25)18-4-3-11-22-14-18/h3-4,11,14,17,19H,2,5-10,12-13,15-16H2,1H3/t19-/m1/s1. The molecule has 0 aromatic carbocycles. The molecule has 2 saturated heterocycles. The van der Waals surface area contributed by atoms with Gasteiger partial charge in [0.1, 0.15) is 0 Å². The van der Waals surface area contributed by atoms with E-state index in [1.165, 1.54) is 32.2 Å². The van der Waals surface area contributed by atoms with Crippen molar-refractivity contribution in [1.82, 2.24) is 14.8 Å². The van der Waals surface area contributed by atoms with Crippen LogP contribution in [0.4, 0.5) is 0 Å². The molecule has 1 spiro atoms. The van der Waals surface area contributed by atoms with Gasteiger partial charge in [-0.15, -0.1) is 0 Å². The lowest BCUT2D eigenvalue weighted by Crippen LogP contribution is -2.56. The minimum Gasteiger partial charge on any atom is -0.380 e. The van der Waals surface area contributed by atoms with Gasteiger partial charge < -0.3 is 9.64 Å². The molecule has 5 nitrogen and oxygen atoms in total. The molecule has 0 bridgehead atoms. The van der Waals surface area contributed by atoms with E-state index in [-0.39, 0.29) is 11.4 Å². The molecule has 1 aromatic rings. The van der Waals surface area contributed by atoms with Crippen LogP contribution in [0.2, 0.25) is 0 Å². The molecule has 1 atom stereocenters. The maximum atomic E-state index is 12.7. The third kappa shape index (κ3) is 3.65. The Balaban J connectivity index is 1.41. The van der Waals surface area contributed by atoms with E-state index in [2.05, 4.69) is 16.8 Å². The third-order valence-electron chi connectivity index (χ3n) is 6.55. The van der Waals surface area contributed by atoms with Crippen molar-refractivity contribution in [3.05, 3.63) is 30.1 Å². The van der Waals surface area contributed by atoms with E-state index in [1.807, 2.05) is 17.0 Å². The number of carbonyl (C=O) groups excluding carboxylic acids is 1. The number of hydrogen-bond acceptors (Lipinski definition) is 4. The molecule has 0 radical (unpaired) electrons. The summed E-state index contributed by atoms with van der Waals surface area (Å²) in [5.74, 6) is 1.02. The highest BCUT2D eigenvalue weighted by Crippen LogP contribution is 2.44. The van der Waals surface area contributed by atoms with Crippen molar-refractivity contribution in [2.24, 2.45) is 5.92 Å². The topological polar surface area (TPSA) is 45.7 Å². The van der Waals surface area contributed by atoms with E-state index in [9.17, 15) is 4.79 Å². The summed E-state index contributed by atoms with van der Waals surface area (Å²) in [5, 5.41) is 0. The minimum absolute atomic E-state index is 0.130. The van der Waals surface area contributed by atoms with Crippen LogP contribution < -0.4 is 0 Å². The van der Waals surface area contributed by atoms with Crippen LogP contribution in [-0.4, -0.2) is 65.1 Å². The molecule has 0 unspecified atom stereocenters. The van der Waals surface area contributed by atoms with E-state index in [1.54, 1.807) is 12.4 Å². The summed E-state index contributed by atoms with van der Waals surface area (Å²) in [5.41, 5.74) is 0.995. The Labute approximate surface area is 156 Å². The lowest BCUT2D eigenvalue weighted by Gasteiger charge is -2.47. The summed E-state index contributed by atoms with van der Waals surface area (Å²) in [6.07, 6.45) is 10.9. The van der Waals surface area contributed by atoms with Crippen LogP contribution >= 0.6 is 0 Å². The Bertz CT molecular complexity index is 609. The number of hydrogen-bond donors (Lipinski definition) is 0. The van der Waals surface area contributed by atoms with E-state index < -0.39 is 0 Å². The average molecular weight is 357 g/mol. The highest BCUT2D eigenvalue weighted by Gasteiger charge is 2.49. The Morgan fingerprint density at radius 1 is 1.27 bits per heavy atom. The molecule has 5 heteroatoms. The van der Waals surface area contributed by atoms with Gasteiger partial charge in [-0.05, 0) is 63.5 Å². The number of pyridine rings is 1. The number of aromatic nitrogens is 1. The fourth-order valence-electron chi connectivity index (χ4n) is 4.81. The average Bonchev–Trinajstić information content (AvgIpc) is 3.46. The molecule has 2 aliphatic heterocycles. The summed E-state index contributed by atoms with van der Waals surface area (Å²) in [4.78, 5) is 21.6. The fraction of sp³-hybridized carbons (Fsp3) is 0.714. The maximum Gasteiger partial charge on any atom is 0.255 e. The van der Waals surface area contributed by atoms with E-state index in [4.69, 9.17) is 4.74 Å². The Kier molecular flexibility index (Phi) is 5.28. The maximum absolute atomic E-state index is 12.7. The van der Waals surface area contributed by atoms with Crippen LogP contribution in [0, 0.1) is 5.92 Å². The molecule has 3 aliphatic rings. The summed E-state index contributed by atoms with van der Waals surface area (Å²) in [7, 11) is 0. The minimum atomic E-state index is 0.130. The molecule has 1 amide bonds. The highest BCUT2D eigenvalue weighted by molar-refractivity contribution is 5.93. The summed E-state index contributed by atoms with van der Waals surface area (Å²) < 4.78 is 5.79. The van der Waals surface area contributed by atoms with E-state index >= 15 is 0 Å². The lowest BCUT2D eigenvalue weighted by molar-refractivity contribution is 0.00309. The highest BCUT2D eigenvalue weighted by atomic mass is 16.5. The molecule has 26 heavy (non-hydrogen) atoms. The number of piperidine rings is 1. The van der Waals surface area contributed by atoms with Crippen molar-refractivity contribution in [3.63, 3.8) is 0 Å². The number of ether oxygens (including phenoxy) is 1.